The van der Waals surface area contributed by atoms with Gasteiger partial charge >= 0.3 is 0 Å². The minimum atomic E-state index is -0.0580. The Morgan fingerprint density at radius 1 is 1.10 bits per heavy atom. The molecule has 7 heteroatoms. The van der Waals surface area contributed by atoms with E-state index in [0.717, 1.165) is 55.5 Å². The summed E-state index contributed by atoms with van der Waals surface area (Å²) in [5, 5.41) is 4.78. The van der Waals surface area contributed by atoms with Gasteiger partial charge in [-0.25, -0.2) is 5.43 Å². The first-order chi connectivity index (χ1) is 14.2. The van der Waals surface area contributed by atoms with Crippen molar-refractivity contribution in [2.24, 2.45) is 5.10 Å². The van der Waals surface area contributed by atoms with Gasteiger partial charge in [0.05, 0.1) is 12.0 Å². The number of rotatable bonds is 9. The fourth-order valence-corrected chi connectivity index (χ4v) is 4.12. The molecule has 0 atom stereocenters. The minimum Gasteiger partial charge on any atom is -0.369 e. The zero-order valence-electron chi connectivity index (χ0n) is 16.5. The molecule has 29 heavy (non-hydrogen) atoms. The van der Waals surface area contributed by atoms with Crippen LogP contribution in [0.15, 0.2) is 59.7 Å². The Bertz CT molecular complexity index is 794. The van der Waals surface area contributed by atoms with Crippen LogP contribution in [-0.2, 0) is 4.79 Å². The molecule has 1 aliphatic heterocycles. The lowest BCUT2D eigenvalue weighted by Gasteiger charge is -2.36. The maximum Gasteiger partial charge on any atom is 0.250 e. The summed E-state index contributed by atoms with van der Waals surface area (Å²) >= 11 is 7.75. The van der Waals surface area contributed by atoms with Crippen molar-refractivity contribution in [3.05, 3.63) is 65.2 Å². The second kappa shape index (κ2) is 11.9. The topological polar surface area (TPSA) is 47.9 Å². The highest BCUT2D eigenvalue weighted by molar-refractivity contribution is 7.99. The van der Waals surface area contributed by atoms with Crippen LogP contribution in [0.25, 0.3) is 0 Å². The summed E-state index contributed by atoms with van der Waals surface area (Å²) in [6.45, 7) is 5.24. The van der Waals surface area contributed by atoms with E-state index in [9.17, 15) is 4.79 Å². The number of hydrazone groups is 1. The van der Waals surface area contributed by atoms with Gasteiger partial charge in [-0.2, -0.15) is 16.9 Å². The van der Waals surface area contributed by atoms with E-state index in [1.807, 2.05) is 48.5 Å². The van der Waals surface area contributed by atoms with Gasteiger partial charge < -0.3 is 4.90 Å². The first-order valence-corrected chi connectivity index (χ1v) is 11.4. The lowest BCUT2D eigenvalue weighted by molar-refractivity contribution is -0.118. The van der Waals surface area contributed by atoms with Gasteiger partial charge in [0.2, 0.25) is 5.91 Å². The van der Waals surface area contributed by atoms with E-state index in [2.05, 4.69) is 26.4 Å². The second-order valence-electron chi connectivity index (χ2n) is 6.92. The Morgan fingerprint density at radius 2 is 1.90 bits per heavy atom. The number of nitrogens with zero attached hydrogens (tertiary/aromatic N) is 3. The largest absolute Gasteiger partial charge is 0.369 e. The predicted molar refractivity (Wildman–Crippen MR) is 124 cm³/mol. The Hall–Kier alpha value is -2.02. The molecule has 1 saturated heterocycles. The molecule has 2 aromatic rings. The van der Waals surface area contributed by atoms with Crippen LogP contribution in [0, 0.1) is 0 Å². The summed E-state index contributed by atoms with van der Waals surface area (Å²) < 4.78 is 0. The highest BCUT2D eigenvalue weighted by Gasteiger charge is 2.16. The third kappa shape index (κ3) is 7.72. The second-order valence-corrected chi connectivity index (χ2v) is 8.46. The fourth-order valence-electron chi connectivity index (χ4n) is 3.21. The highest BCUT2D eigenvalue weighted by Crippen LogP contribution is 2.20. The van der Waals surface area contributed by atoms with Gasteiger partial charge in [-0.1, -0.05) is 48.0 Å². The smallest absolute Gasteiger partial charge is 0.250 e. The van der Waals surface area contributed by atoms with Crippen molar-refractivity contribution in [1.29, 1.82) is 0 Å². The lowest BCUT2D eigenvalue weighted by Crippen LogP contribution is -2.46. The first kappa shape index (κ1) is 21.7. The van der Waals surface area contributed by atoms with Crippen molar-refractivity contribution in [3.63, 3.8) is 0 Å². The summed E-state index contributed by atoms with van der Waals surface area (Å²) in [5.74, 6) is 1.36. The molecule has 1 amide bonds. The van der Waals surface area contributed by atoms with E-state index in [1.165, 1.54) is 5.69 Å². The predicted octanol–water partition coefficient (Wildman–Crippen LogP) is 3.74. The quantitative estimate of drug-likeness (QED) is 0.374. The van der Waals surface area contributed by atoms with Crippen LogP contribution in [0.2, 0.25) is 5.02 Å². The van der Waals surface area contributed by atoms with Crippen LogP contribution in [0.5, 0.6) is 0 Å². The molecule has 1 aliphatic rings. The van der Waals surface area contributed by atoms with Gasteiger partial charge in [0.1, 0.15) is 0 Å². The SMILES string of the molecule is O=C(CSCCCN1CCN(c2cccc(Cl)c2)CC1)NN=Cc1ccccc1. The molecule has 5 nitrogen and oxygen atoms in total. The van der Waals surface area contributed by atoms with Crippen molar-refractivity contribution >= 4 is 41.2 Å². The molecule has 0 bridgehead atoms. The molecule has 1 N–H and O–H groups in total. The van der Waals surface area contributed by atoms with Gasteiger partial charge in [-0.15, -0.1) is 0 Å². The number of carbonyl (C=O) groups is 1. The van der Waals surface area contributed by atoms with Crippen LogP contribution >= 0.6 is 23.4 Å². The molecule has 3 rings (SSSR count). The number of amides is 1. The van der Waals surface area contributed by atoms with Crippen molar-refractivity contribution in [1.82, 2.24) is 10.3 Å². The van der Waals surface area contributed by atoms with Crippen LogP contribution in [0.1, 0.15) is 12.0 Å². The first-order valence-electron chi connectivity index (χ1n) is 9.88. The molecule has 0 aliphatic carbocycles. The number of hydrogen-bond acceptors (Lipinski definition) is 5. The number of anilines is 1. The molecular weight excluding hydrogens is 404 g/mol. The van der Waals surface area contributed by atoms with Crippen molar-refractivity contribution < 1.29 is 4.79 Å². The Labute approximate surface area is 182 Å². The summed E-state index contributed by atoms with van der Waals surface area (Å²) in [7, 11) is 0. The van der Waals surface area contributed by atoms with E-state index in [-0.39, 0.29) is 5.91 Å². The average Bonchev–Trinajstić information content (AvgIpc) is 2.75. The normalized spacial score (nSPS) is 15.0. The molecular formula is C22H27ClN4OS. The van der Waals surface area contributed by atoms with E-state index in [4.69, 9.17) is 11.6 Å². The zero-order valence-corrected chi connectivity index (χ0v) is 18.0. The van der Waals surface area contributed by atoms with Crippen LogP contribution in [0.4, 0.5) is 5.69 Å². The van der Waals surface area contributed by atoms with Crippen LogP contribution < -0.4 is 10.3 Å². The minimum absolute atomic E-state index is 0.0580. The van der Waals surface area contributed by atoms with Crippen molar-refractivity contribution in [2.45, 2.75) is 6.42 Å². The molecule has 1 fully saturated rings. The monoisotopic (exact) mass is 430 g/mol. The molecule has 1 heterocycles. The number of halogens is 1. The average molecular weight is 431 g/mol. The molecule has 0 unspecified atom stereocenters. The molecule has 2 aromatic carbocycles. The molecule has 154 valence electrons. The Kier molecular flexibility index (Phi) is 8.86. The molecule has 0 aromatic heterocycles. The Morgan fingerprint density at radius 3 is 2.66 bits per heavy atom. The summed E-state index contributed by atoms with van der Waals surface area (Å²) in [6.07, 6.45) is 2.74. The third-order valence-corrected chi connectivity index (χ3v) is 6.02. The lowest BCUT2D eigenvalue weighted by atomic mass is 10.2. The van der Waals surface area contributed by atoms with Crippen molar-refractivity contribution in [2.75, 3.05) is 49.1 Å². The number of carbonyl (C=O) groups excluding carboxylic acids is 1. The van der Waals surface area contributed by atoms with E-state index >= 15 is 0 Å². The molecule has 0 radical (unpaired) electrons. The number of piperazine rings is 1. The zero-order chi connectivity index (χ0) is 20.3. The van der Waals surface area contributed by atoms with E-state index in [0.29, 0.717) is 5.75 Å². The van der Waals surface area contributed by atoms with E-state index in [1.54, 1.807) is 18.0 Å². The van der Waals surface area contributed by atoms with Gasteiger partial charge in [-0.3, -0.25) is 9.69 Å². The Balaban J connectivity index is 1.24. The summed E-state index contributed by atoms with van der Waals surface area (Å²) in [6, 6.07) is 17.8. The van der Waals surface area contributed by atoms with Crippen molar-refractivity contribution in [3.8, 4) is 0 Å². The number of benzene rings is 2. The summed E-state index contributed by atoms with van der Waals surface area (Å²) in [5.41, 5.74) is 4.75. The van der Waals surface area contributed by atoms with E-state index < -0.39 is 0 Å². The number of nitrogens with one attached hydrogen (secondary N) is 1. The number of thioether (sulfide) groups is 1. The van der Waals surface area contributed by atoms with Crippen LogP contribution in [0.3, 0.4) is 0 Å². The van der Waals surface area contributed by atoms with Gasteiger partial charge in [0.25, 0.3) is 0 Å². The van der Waals surface area contributed by atoms with Crippen LogP contribution in [-0.4, -0.2) is 61.3 Å². The maximum atomic E-state index is 11.8. The fraction of sp³-hybridized carbons (Fsp3) is 0.364. The third-order valence-electron chi connectivity index (χ3n) is 4.74. The summed E-state index contributed by atoms with van der Waals surface area (Å²) in [4.78, 5) is 16.7. The standard InChI is InChI=1S/C22H27ClN4OS/c23-20-8-4-9-21(16-20)27-13-11-26(12-14-27)10-5-15-29-18-22(28)25-24-17-19-6-2-1-3-7-19/h1-4,6-9,16-17H,5,10-15,18H2,(H,25,28). The van der Waals surface area contributed by atoms with Gasteiger partial charge in [-0.05, 0) is 42.5 Å². The number of hydrogen-bond donors (Lipinski definition) is 1. The highest BCUT2D eigenvalue weighted by atomic mass is 35.5. The van der Waals surface area contributed by atoms with Gasteiger partial charge in [0, 0.05) is 36.9 Å². The molecule has 0 saturated carbocycles. The van der Waals surface area contributed by atoms with Gasteiger partial charge in [0.15, 0.2) is 0 Å². The molecule has 0 spiro atoms. The maximum absolute atomic E-state index is 11.8.